The summed E-state index contributed by atoms with van der Waals surface area (Å²) in [6.45, 7) is 1.91. The minimum absolute atomic E-state index is 0.00491. The average molecular weight is 158 g/mol. The molecule has 3 heteroatoms. The molecule has 5 N–H and O–H groups in total. The molecule has 3 unspecified atom stereocenters. The van der Waals surface area contributed by atoms with Crippen molar-refractivity contribution in [3.8, 4) is 0 Å². The lowest BCUT2D eigenvalue weighted by molar-refractivity contribution is -0.0503. The molecule has 0 aromatic rings. The van der Waals surface area contributed by atoms with Gasteiger partial charge in [0.25, 0.3) is 0 Å². The van der Waals surface area contributed by atoms with Crippen molar-refractivity contribution in [1.29, 1.82) is 0 Å². The summed E-state index contributed by atoms with van der Waals surface area (Å²) in [6, 6.07) is 0.00491. The van der Waals surface area contributed by atoms with Gasteiger partial charge in [-0.3, -0.25) is 0 Å². The van der Waals surface area contributed by atoms with Crippen molar-refractivity contribution in [2.45, 2.75) is 44.4 Å². The lowest BCUT2D eigenvalue weighted by Crippen LogP contribution is -2.54. The fourth-order valence-electron chi connectivity index (χ4n) is 1.93. The van der Waals surface area contributed by atoms with Crippen molar-refractivity contribution >= 4 is 0 Å². The van der Waals surface area contributed by atoms with E-state index in [2.05, 4.69) is 0 Å². The summed E-state index contributed by atoms with van der Waals surface area (Å²) in [7, 11) is 0. The molecule has 0 amide bonds. The molecule has 0 spiro atoms. The highest BCUT2D eigenvalue weighted by Crippen LogP contribution is 2.31. The summed E-state index contributed by atoms with van der Waals surface area (Å²) in [5.74, 6) is 0.0799. The van der Waals surface area contributed by atoms with E-state index in [4.69, 9.17) is 11.5 Å². The van der Waals surface area contributed by atoms with Gasteiger partial charge in [-0.25, -0.2) is 0 Å². The van der Waals surface area contributed by atoms with Crippen LogP contribution in [0.1, 0.15) is 32.6 Å². The van der Waals surface area contributed by atoms with Crippen LogP contribution in [0.25, 0.3) is 0 Å². The second-order valence-corrected chi connectivity index (χ2v) is 3.70. The fraction of sp³-hybridized carbons (Fsp3) is 1.00. The maximum atomic E-state index is 9.70. The van der Waals surface area contributed by atoms with Crippen LogP contribution in [0.4, 0.5) is 0 Å². The van der Waals surface area contributed by atoms with Crippen LogP contribution in [-0.2, 0) is 0 Å². The Hall–Kier alpha value is -0.120. The van der Waals surface area contributed by atoms with Crippen molar-refractivity contribution in [3.63, 3.8) is 0 Å². The minimum atomic E-state index is -1.01. The number of rotatable bonds is 1. The van der Waals surface area contributed by atoms with Crippen LogP contribution in [0.2, 0.25) is 0 Å². The van der Waals surface area contributed by atoms with Crippen LogP contribution in [0.15, 0.2) is 0 Å². The van der Waals surface area contributed by atoms with Gasteiger partial charge in [-0.2, -0.15) is 0 Å². The molecule has 1 saturated carbocycles. The van der Waals surface area contributed by atoms with Crippen LogP contribution in [0.3, 0.4) is 0 Å². The number of aliphatic hydroxyl groups is 1. The largest absolute Gasteiger partial charge is 0.376 e. The molecule has 1 aliphatic carbocycles. The van der Waals surface area contributed by atoms with E-state index in [-0.39, 0.29) is 12.0 Å². The Bertz CT molecular complexity index is 134. The van der Waals surface area contributed by atoms with Crippen LogP contribution in [0, 0.1) is 5.92 Å². The molecule has 0 bridgehead atoms. The summed E-state index contributed by atoms with van der Waals surface area (Å²) >= 11 is 0. The summed E-state index contributed by atoms with van der Waals surface area (Å²) in [5, 5.41) is 9.70. The lowest BCUT2D eigenvalue weighted by atomic mass is 9.78. The van der Waals surface area contributed by atoms with E-state index in [1.807, 2.05) is 6.92 Å². The molecule has 3 atom stereocenters. The summed E-state index contributed by atoms with van der Waals surface area (Å²) in [4.78, 5) is 0. The Morgan fingerprint density at radius 2 is 2.18 bits per heavy atom. The van der Waals surface area contributed by atoms with Crippen LogP contribution >= 0.6 is 0 Å². The third-order valence-corrected chi connectivity index (χ3v) is 2.62. The molecule has 0 radical (unpaired) electrons. The molecule has 11 heavy (non-hydrogen) atoms. The third kappa shape index (κ3) is 1.92. The van der Waals surface area contributed by atoms with Crippen molar-refractivity contribution in [1.82, 2.24) is 0 Å². The molecule has 3 nitrogen and oxygen atoms in total. The maximum Gasteiger partial charge on any atom is 0.117 e. The zero-order valence-electron chi connectivity index (χ0n) is 7.09. The Morgan fingerprint density at radius 1 is 1.55 bits per heavy atom. The smallest absolute Gasteiger partial charge is 0.117 e. The lowest BCUT2D eigenvalue weighted by Gasteiger charge is -2.38. The van der Waals surface area contributed by atoms with Gasteiger partial charge in [-0.1, -0.05) is 6.42 Å². The van der Waals surface area contributed by atoms with E-state index in [1.165, 1.54) is 0 Å². The second kappa shape index (κ2) is 3.09. The quantitative estimate of drug-likeness (QED) is 0.476. The van der Waals surface area contributed by atoms with Gasteiger partial charge in [0.05, 0.1) is 0 Å². The first kappa shape index (κ1) is 8.97. The molecular weight excluding hydrogens is 140 g/mol. The van der Waals surface area contributed by atoms with Gasteiger partial charge in [0.15, 0.2) is 0 Å². The molecule has 0 aromatic carbocycles. The van der Waals surface area contributed by atoms with Crippen molar-refractivity contribution in [2.75, 3.05) is 0 Å². The maximum absolute atomic E-state index is 9.70. The van der Waals surface area contributed by atoms with Gasteiger partial charge in [0.2, 0.25) is 0 Å². The predicted octanol–water partition coefficient (Wildman–Crippen LogP) is 0.171. The Balaban J connectivity index is 2.60. The standard InChI is InChI=1S/C8H18N2O/c1-6(9)7-4-2-3-5-8(7,10)11/h6-7,11H,2-5,9-10H2,1H3. The zero-order chi connectivity index (χ0) is 8.48. The molecule has 0 aromatic heterocycles. The van der Waals surface area contributed by atoms with Crippen molar-refractivity contribution in [3.05, 3.63) is 0 Å². The highest BCUT2D eigenvalue weighted by atomic mass is 16.3. The van der Waals surface area contributed by atoms with Gasteiger partial charge in [0.1, 0.15) is 5.72 Å². The number of hydrogen-bond acceptors (Lipinski definition) is 3. The topological polar surface area (TPSA) is 72.3 Å². The first-order valence-electron chi connectivity index (χ1n) is 4.31. The zero-order valence-corrected chi connectivity index (χ0v) is 7.09. The van der Waals surface area contributed by atoms with Crippen LogP contribution in [-0.4, -0.2) is 16.9 Å². The van der Waals surface area contributed by atoms with E-state index in [0.29, 0.717) is 6.42 Å². The van der Waals surface area contributed by atoms with Gasteiger partial charge in [0, 0.05) is 12.0 Å². The average Bonchev–Trinajstić information content (AvgIpc) is 1.85. The van der Waals surface area contributed by atoms with E-state index < -0.39 is 5.72 Å². The van der Waals surface area contributed by atoms with E-state index in [0.717, 1.165) is 19.3 Å². The Morgan fingerprint density at radius 3 is 2.55 bits per heavy atom. The minimum Gasteiger partial charge on any atom is -0.376 e. The molecular formula is C8H18N2O. The van der Waals surface area contributed by atoms with Gasteiger partial charge in [-0.05, 0) is 26.2 Å². The molecule has 1 aliphatic rings. The third-order valence-electron chi connectivity index (χ3n) is 2.62. The highest BCUT2D eigenvalue weighted by molar-refractivity contribution is 4.88. The monoisotopic (exact) mass is 158 g/mol. The van der Waals surface area contributed by atoms with Crippen LogP contribution in [0.5, 0.6) is 0 Å². The SMILES string of the molecule is CC(N)C1CCCCC1(N)O. The molecule has 1 fully saturated rings. The van der Waals surface area contributed by atoms with Crippen LogP contribution < -0.4 is 11.5 Å². The molecule has 66 valence electrons. The van der Waals surface area contributed by atoms with E-state index in [1.54, 1.807) is 0 Å². The molecule has 0 saturated heterocycles. The van der Waals surface area contributed by atoms with E-state index in [9.17, 15) is 5.11 Å². The van der Waals surface area contributed by atoms with Crippen molar-refractivity contribution < 1.29 is 5.11 Å². The fourth-order valence-corrected chi connectivity index (χ4v) is 1.93. The summed E-state index contributed by atoms with van der Waals surface area (Å²) in [5.41, 5.74) is 10.4. The number of hydrogen-bond donors (Lipinski definition) is 3. The normalized spacial score (nSPS) is 42.0. The molecule has 1 rings (SSSR count). The second-order valence-electron chi connectivity index (χ2n) is 3.70. The first-order valence-corrected chi connectivity index (χ1v) is 4.31. The predicted molar refractivity (Wildman–Crippen MR) is 44.7 cm³/mol. The van der Waals surface area contributed by atoms with Gasteiger partial charge in [-0.15, -0.1) is 0 Å². The summed E-state index contributed by atoms with van der Waals surface area (Å²) < 4.78 is 0. The Kier molecular flexibility index (Phi) is 2.52. The van der Waals surface area contributed by atoms with E-state index >= 15 is 0 Å². The number of nitrogens with two attached hydrogens (primary N) is 2. The molecule has 0 heterocycles. The molecule has 0 aliphatic heterocycles. The highest BCUT2D eigenvalue weighted by Gasteiger charge is 2.36. The van der Waals surface area contributed by atoms with Crippen molar-refractivity contribution in [2.24, 2.45) is 17.4 Å². The first-order chi connectivity index (χ1) is 5.04. The summed E-state index contributed by atoms with van der Waals surface area (Å²) in [6.07, 6.45) is 3.83. The Labute approximate surface area is 67.8 Å². The van der Waals surface area contributed by atoms with Gasteiger partial charge < -0.3 is 16.6 Å². The van der Waals surface area contributed by atoms with Gasteiger partial charge >= 0.3 is 0 Å².